The minimum Gasteiger partial charge on any atom is -0.275 e. The van der Waals surface area contributed by atoms with Crippen molar-refractivity contribution < 1.29 is 9.59 Å². The number of hydrogen-bond acceptors (Lipinski definition) is 6. The predicted octanol–water partition coefficient (Wildman–Crippen LogP) is 2.01. The van der Waals surface area contributed by atoms with E-state index in [2.05, 4.69) is 31.1 Å². The quantitative estimate of drug-likeness (QED) is 0.459. The fourth-order valence-corrected chi connectivity index (χ4v) is 3.26. The Hall–Kier alpha value is -3.79. The zero-order valence-corrected chi connectivity index (χ0v) is 15.5. The Morgan fingerprint density at radius 1 is 1.11 bits per heavy atom. The molecule has 0 atom stereocenters. The summed E-state index contributed by atoms with van der Waals surface area (Å²) < 4.78 is 1.66. The lowest BCUT2D eigenvalue weighted by Crippen LogP contribution is -2.41. The largest absolute Gasteiger partial charge is 0.289 e. The van der Waals surface area contributed by atoms with E-state index < -0.39 is 11.8 Å². The Balaban J connectivity index is 1.38. The molecule has 0 saturated carbocycles. The van der Waals surface area contributed by atoms with Gasteiger partial charge in [-0.3, -0.25) is 30.2 Å². The van der Waals surface area contributed by atoms with Gasteiger partial charge in [0.05, 0.1) is 11.9 Å². The number of hydrogen-bond donors (Lipinski definition) is 3. The molecule has 0 aliphatic carbocycles. The second-order valence-corrected chi connectivity index (χ2v) is 6.74. The third-order valence-electron chi connectivity index (χ3n) is 3.87. The van der Waals surface area contributed by atoms with E-state index in [-0.39, 0.29) is 11.4 Å². The number of carbonyl (C=O) groups is 2. The van der Waals surface area contributed by atoms with Gasteiger partial charge in [-0.25, -0.2) is 4.98 Å². The van der Waals surface area contributed by atoms with E-state index in [1.807, 2.05) is 36.5 Å². The van der Waals surface area contributed by atoms with Crippen LogP contribution in [0.5, 0.6) is 0 Å². The molecular formula is C18H15N7O2S. The monoisotopic (exact) mass is 393 g/mol. The molecule has 4 aromatic rings. The van der Waals surface area contributed by atoms with Gasteiger partial charge in [0.25, 0.3) is 11.8 Å². The van der Waals surface area contributed by atoms with Gasteiger partial charge in [-0.1, -0.05) is 30.3 Å². The molecule has 0 aliphatic rings. The maximum absolute atomic E-state index is 12.2. The van der Waals surface area contributed by atoms with Crippen LogP contribution in [0.25, 0.3) is 21.8 Å². The molecule has 0 aliphatic heterocycles. The summed E-state index contributed by atoms with van der Waals surface area (Å²) in [6, 6.07) is 11.1. The first kappa shape index (κ1) is 17.6. The van der Waals surface area contributed by atoms with Crippen LogP contribution in [-0.4, -0.2) is 36.8 Å². The Labute approximate surface area is 163 Å². The maximum Gasteiger partial charge on any atom is 0.289 e. The Kier molecular flexibility index (Phi) is 4.68. The van der Waals surface area contributed by atoms with Crippen molar-refractivity contribution in [1.82, 2.24) is 35.8 Å². The van der Waals surface area contributed by atoms with E-state index in [1.165, 1.54) is 11.3 Å². The molecule has 0 bridgehead atoms. The van der Waals surface area contributed by atoms with Crippen molar-refractivity contribution in [2.24, 2.45) is 7.05 Å². The fraction of sp³-hybridized carbons (Fsp3) is 0.0556. The molecule has 3 heterocycles. The summed E-state index contributed by atoms with van der Waals surface area (Å²) in [6.45, 7) is 0. The van der Waals surface area contributed by atoms with Crippen molar-refractivity contribution in [2.75, 3.05) is 0 Å². The summed E-state index contributed by atoms with van der Waals surface area (Å²) in [6.07, 6.45) is 3.48. The molecule has 0 unspecified atom stereocenters. The molecule has 1 aromatic carbocycles. The van der Waals surface area contributed by atoms with Crippen molar-refractivity contribution in [3.05, 3.63) is 65.6 Å². The minimum absolute atomic E-state index is 0.207. The number of nitrogens with one attached hydrogen (secondary N) is 3. The van der Waals surface area contributed by atoms with Crippen LogP contribution < -0.4 is 10.9 Å². The molecule has 3 N–H and O–H groups in total. The second-order valence-electron chi connectivity index (χ2n) is 5.88. The molecule has 4 rings (SSSR count). The molecule has 0 radical (unpaired) electrons. The van der Waals surface area contributed by atoms with E-state index in [4.69, 9.17) is 0 Å². The van der Waals surface area contributed by atoms with E-state index in [0.717, 1.165) is 11.1 Å². The van der Waals surface area contributed by atoms with Gasteiger partial charge in [-0.2, -0.15) is 10.2 Å². The SMILES string of the molecule is Cn1cc(-c2nc(C(=O)NNC(=O)c3cc(-c4ccccc4)n[nH]3)cs2)cn1. The normalized spacial score (nSPS) is 10.6. The van der Waals surface area contributed by atoms with E-state index in [0.29, 0.717) is 10.7 Å². The summed E-state index contributed by atoms with van der Waals surface area (Å²) in [5, 5.41) is 13.1. The average molecular weight is 393 g/mol. The van der Waals surface area contributed by atoms with Crippen LogP contribution >= 0.6 is 11.3 Å². The summed E-state index contributed by atoms with van der Waals surface area (Å²) in [5.41, 5.74) is 7.48. The number of thiazole rings is 1. The van der Waals surface area contributed by atoms with Gasteiger partial charge in [0, 0.05) is 29.8 Å². The van der Waals surface area contributed by atoms with Crippen molar-refractivity contribution in [3.8, 4) is 21.8 Å². The molecule has 140 valence electrons. The Morgan fingerprint density at radius 2 is 1.89 bits per heavy atom. The summed E-state index contributed by atoms with van der Waals surface area (Å²) in [4.78, 5) is 28.7. The van der Waals surface area contributed by atoms with Gasteiger partial charge in [0.2, 0.25) is 0 Å². The van der Waals surface area contributed by atoms with E-state index in [1.54, 1.807) is 29.4 Å². The van der Waals surface area contributed by atoms with Crippen LogP contribution in [0.1, 0.15) is 21.0 Å². The van der Waals surface area contributed by atoms with E-state index >= 15 is 0 Å². The lowest BCUT2D eigenvalue weighted by Gasteiger charge is -2.03. The number of carbonyl (C=O) groups excluding carboxylic acids is 2. The zero-order chi connectivity index (χ0) is 19.5. The van der Waals surface area contributed by atoms with Gasteiger partial charge in [0.1, 0.15) is 16.4 Å². The van der Waals surface area contributed by atoms with Crippen molar-refractivity contribution in [2.45, 2.75) is 0 Å². The van der Waals surface area contributed by atoms with Gasteiger partial charge in [-0.15, -0.1) is 11.3 Å². The minimum atomic E-state index is -0.512. The molecule has 0 saturated heterocycles. The number of aryl methyl sites for hydroxylation is 1. The molecule has 28 heavy (non-hydrogen) atoms. The molecule has 10 heteroatoms. The first-order valence-electron chi connectivity index (χ1n) is 8.26. The second kappa shape index (κ2) is 7.45. The Morgan fingerprint density at radius 3 is 2.64 bits per heavy atom. The highest BCUT2D eigenvalue weighted by molar-refractivity contribution is 7.13. The third-order valence-corrected chi connectivity index (χ3v) is 4.76. The summed E-state index contributed by atoms with van der Waals surface area (Å²) >= 11 is 1.32. The van der Waals surface area contributed by atoms with Gasteiger partial charge in [-0.05, 0) is 6.07 Å². The van der Waals surface area contributed by atoms with Gasteiger partial charge >= 0.3 is 0 Å². The van der Waals surface area contributed by atoms with E-state index in [9.17, 15) is 9.59 Å². The molecule has 9 nitrogen and oxygen atoms in total. The molecule has 2 amide bonds. The van der Waals surface area contributed by atoms with Crippen LogP contribution in [-0.2, 0) is 7.05 Å². The first-order chi connectivity index (χ1) is 13.6. The fourth-order valence-electron chi connectivity index (χ4n) is 2.48. The van der Waals surface area contributed by atoms with Gasteiger partial charge in [0.15, 0.2) is 0 Å². The smallest absolute Gasteiger partial charge is 0.275 e. The predicted molar refractivity (Wildman–Crippen MR) is 103 cm³/mol. The standard InChI is InChI=1S/C18H15N7O2S/c1-25-9-12(8-19-25)18-20-15(10-28-18)17(27)24-23-16(26)14-7-13(21-22-14)11-5-3-2-4-6-11/h2-10H,1H3,(H,21,22)(H,23,26)(H,24,27). The van der Waals surface area contributed by atoms with Crippen LogP contribution in [0.2, 0.25) is 0 Å². The highest BCUT2D eigenvalue weighted by atomic mass is 32.1. The maximum atomic E-state index is 12.2. The Bertz CT molecular complexity index is 1130. The first-order valence-corrected chi connectivity index (χ1v) is 9.14. The number of aromatic nitrogens is 5. The highest BCUT2D eigenvalue weighted by Gasteiger charge is 2.15. The number of H-pyrrole nitrogens is 1. The molecular weight excluding hydrogens is 378 g/mol. The number of rotatable bonds is 4. The number of nitrogens with zero attached hydrogens (tertiary/aromatic N) is 4. The van der Waals surface area contributed by atoms with Crippen LogP contribution in [0.3, 0.4) is 0 Å². The summed E-state index contributed by atoms with van der Waals surface area (Å²) in [7, 11) is 1.80. The topological polar surface area (TPSA) is 118 Å². The lowest BCUT2D eigenvalue weighted by molar-refractivity contribution is 0.0841. The number of aromatic amines is 1. The lowest BCUT2D eigenvalue weighted by atomic mass is 10.1. The third kappa shape index (κ3) is 3.67. The number of benzene rings is 1. The summed E-state index contributed by atoms with van der Waals surface area (Å²) in [5.74, 6) is -1.02. The van der Waals surface area contributed by atoms with Crippen LogP contribution in [0.15, 0.2) is 54.2 Å². The number of amides is 2. The van der Waals surface area contributed by atoms with Gasteiger partial charge < -0.3 is 0 Å². The van der Waals surface area contributed by atoms with Crippen molar-refractivity contribution in [1.29, 1.82) is 0 Å². The van der Waals surface area contributed by atoms with Crippen molar-refractivity contribution in [3.63, 3.8) is 0 Å². The van der Waals surface area contributed by atoms with Crippen LogP contribution in [0.4, 0.5) is 0 Å². The highest BCUT2D eigenvalue weighted by Crippen LogP contribution is 2.22. The molecule has 0 spiro atoms. The molecule has 0 fully saturated rings. The number of hydrazine groups is 1. The molecule has 3 aromatic heterocycles. The zero-order valence-electron chi connectivity index (χ0n) is 14.7. The van der Waals surface area contributed by atoms with Crippen molar-refractivity contribution >= 4 is 23.2 Å². The van der Waals surface area contributed by atoms with Crippen LogP contribution in [0, 0.1) is 0 Å². The average Bonchev–Trinajstić information content (AvgIpc) is 3.46.